The van der Waals surface area contributed by atoms with Crippen molar-refractivity contribution in [3.05, 3.63) is 36.3 Å². The Balaban J connectivity index is 2.38. The highest BCUT2D eigenvalue weighted by atomic mass is 32.2. The Kier molecular flexibility index (Phi) is 3.51. The zero-order valence-corrected chi connectivity index (χ0v) is 10.1. The Morgan fingerprint density at radius 1 is 1.11 bits per heavy atom. The van der Waals surface area contributed by atoms with Crippen molar-refractivity contribution in [1.82, 2.24) is 15.0 Å². The van der Waals surface area contributed by atoms with Crippen LogP contribution in [0.4, 0.5) is 13.2 Å². The van der Waals surface area contributed by atoms with Gasteiger partial charge in [0, 0.05) is 18.0 Å². The first-order valence-electron chi connectivity index (χ1n) is 4.91. The summed E-state index contributed by atoms with van der Waals surface area (Å²) in [6.07, 6.45) is 0.288. The predicted octanol–water partition coefficient (Wildman–Crippen LogP) is 3.28. The van der Waals surface area contributed by atoms with Crippen molar-refractivity contribution in [2.75, 3.05) is 6.26 Å². The zero-order chi connectivity index (χ0) is 13.2. The molecule has 0 saturated carbocycles. The van der Waals surface area contributed by atoms with Crippen LogP contribution < -0.4 is 0 Å². The summed E-state index contributed by atoms with van der Waals surface area (Å²) in [5.74, 6) is 0. The van der Waals surface area contributed by atoms with Gasteiger partial charge in [0.25, 0.3) is 0 Å². The van der Waals surface area contributed by atoms with Crippen LogP contribution in [0.5, 0.6) is 0 Å². The lowest BCUT2D eigenvalue weighted by Gasteiger charge is -2.07. The predicted molar refractivity (Wildman–Crippen MR) is 62.0 cm³/mol. The van der Waals surface area contributed by atoms with Gasteiger partial charge in [-0.05, 0) is 18.4 Å². The van der Waals surface area contributed by atoms with Gasteiger partial charge < -0.3 is 0 Å². The van der Waals surface area contributed by atoms with Gasteiger partial charge in [0.1, 0.15) is 5.69 Å². The molecule has 0 aromatic carbocycles. The molecule has 0 amide bonds. The van der Waals surface area contributed by atoms with E-state index >= 15 is 0 Å². The molecule has 0 radical (unpaired) electrons. The van der Waals surface area contributed by atoms with E-state index in [4.69, 9.17) is 0 Å². The van der Waals surface area contributed by atoms with Gasteiger partial charge in [-0.25, -0.2) is 15.0 Å². The number of alkyl halides is 3. The maximum absolute atomic E-state index is 12.5. The molecule has 2 rings (SSSR count). The Morgan fingerprint density at radius 3 is 2.33 bits per heavy atom. The van der Waals surface area contributed by atoms with Gasteiger partial charge in [-0.3, -0.25) is 0 Å². The number of halogens is 3. The maximum Gasteiger partial charge on any atom is 0.433 e. The largest absolute Gasteiger partial charge is 0.433 e. The Hall–Kier alpha value is -1.63. The lowest BCUT2D eigenvalue weighted by molar-refractivity contribution is -0.141. The highest BCUT2D eigenvalue weighted by Gasteiger charge is 2.32. The summed E-state index contributed by atoms with van der Waals surface area (Å²) < 4.78 is 37.5. The molecule has 0 aliphatic rings. The number of rotatable bonds is 2. The van der Waals surface area contributed by atoms with Gasteiger partial charge in [-0.1, -0.05) is 17.8 Å². The quantitative estimate of drug-likeness (QED) is 0.620. The number of hydrogen-bond acceptors (Lipinski definition) is 4. The van der Waals surface area contributed by atoms with Crippen molar-refractivity contribution in [2.24, 2.45) is 0 Å². The molecule has 2 heterocycles. The molecular weight excluding hydrogens is 263 g/mol. The Morgan fingerprint density at radius 2 is 1.78 bits per heavy atom. The van der Waals surface area contributed by atoms with E-state index in [1.54, 1.807) is 0 Å². The third-order valence-electron chi connectivity index (χ3n) is 2.15. The molecule has 2 aromatic rings. The topological polar surface area (TPSA) is 38.7 Å². The molecule has 0 saturated heterocycles. The first-order valence-corrected chi connectivity index (χ1v) is 6.14. The summed E-state index contributed by atoms with van der Waals surface area (Å²) >= 11 is 1.36. The van der Waals surface area contributed by atoms with E-state index in [-0.39, 0.29) is 5.69 Å². The number of aromatic nitrogens is 3. The van der Waals surface area contributed by atoms with Crippen LogP contribution in [0.1, 0.15) is 5.69 Å². The zero-order valence-electron chi connectivity index (χ0n) is 9.27. The van der Waals surface area contributed by atoms with E-state index in [1.807, 2.05) is 6.26 Å². The van der Waals surface area contributed by atoms with Gasteiger partial charge in [-0.15, -0.1) is 0 Å². The average Bonchev–Trinajstić information content (AvgIpc) is 2.38. The van der Waals surface area contributed by atoms with E-state index in [1.165, 1.54) is 36.3 Å². The summed E-state index contributed by atoms with van der Waals surface area (Å²) in [7, 11) is 0. The second-order valence-electron chi connectivity index (χ2n) is 3.36. The smallest absolute Gasteiger partial charge is 0.243 e. The van der Waals surface area contributed by atoms with Crippen LogP contribution in [0, 0.1) is 0 Å². The number of nitrogens with zero attached hydrogens (tertiary/aromatic N) is 3. The van der Waals surface area contributed by atoms with Gasteiger partial charge in [0.15, 0.2) is 5.16 Å². The SMILES string of the molecule is CSc1ncc(-c2cccc(C(F)(F)F)n2)cn1. The standard InChI is InChI=1S/C11H8F3N3S/c1-18-10-15-5-7(6-16-10)8-3-2-4-9(17-8)11(12,13)14/h2-6H,1H3. The molecule has 18 heavy (non-hydrogen) atoms. The fraction of sp³-hybridized carbons (Fsp3) is 0.182. The van der Waals surface area contributed by atoms with Crippen LogP contribution in [0.2, 0.25) is 0 Å². The van der Waals surface area contributed by atoms with Gasteiger partial charge in [0.2, 0.25) is 0 Å². The first-order chi connectivity index (χ1) is 8.50. The molecule has 3 nitrogen and oxygen atoms in total. The monoisotopic (exact) mass is 271 g/mol. The summed E-state index contributed by atoms with van der Waals surface area (Å²) in [5, 5.41) is 0.561. The van der Waals surface area contributed by atoms with Crippen molar-refractivity contribution in [3.8, 4) is 11.3 Å². The van der Waals surface area contributed by atoms with Crippen molar-refractivity contribution in [3.63, 3.8) is 0 Å². The molecule has 0 atom stereocenters. The number of thioether (sulfide) groups is 1. The maximum atomic E-state index is 12.5. The van der Waals surface area contributed by atoms with E-state index < -0.39 is 11.9 Å². The minimum absolute atomic E-state index is 0.206. The van der Waals surface area contributed by atoms with E-state index in [2.05, 4.69) is 15.0 Å². The second-order valence-corrected chi connectivity index (χ2v) is 4.14. The Bertz CT molecular complexity index is 540. The number of pyridine rings is 1. The van der Waals surface area contributed by atoms with Gasteiger partial charge in [0.05, 0.1) is 5.69 Å². The van der Waals surface area contributed by atoms with Crippen LogP contribution in [0.25, 0.3) is 11.3 Å². The lowest BCUT2D eigenvalue weighted by atomic mass is 10.2. The van der Waals surface area contributed by atoms with E-state index in [9.17, 15) is 13.2 Å². The van der Waals surface area contributed by atoms with Crippen LogP contribution in [0.3, 0.4) is 0 Å². The molecule has 0 fully saturated rings. The molecular formula is C11H8F3N3S. The molecule has 0 bridgehead atoms. The minimum Gasteiger partial charge on any atom is -0.243 e. The van der Waals surface area contributed by atoms with Crippen LogP contribution in [0.15, 0.2) is 35.7 Å². The fourth-order valence-electron chi connectivity index (χ4n) is 1.31. The molecule has 7 heteroatoms. The molecule has 0 aliphatic carbocycles. The molecule has 0 N–H and O–H groups in total. The normalized spacial score (nSPS) is 11.6. The third kappa shape index (κ3) is 2.79. The van der Waals surface area contributed by atoms with Crippen molar-refractivity contribution in [1.29, 1.82) is 0 Å². The average molecular weight is 271 g/mol. The minimum atomic E-state index is -4.45. The van der Waals surface area contributed by atoms with Gasteiger partial charge in [-0.2, -0.15) is 13.2 Å². The highest BCUT2D eigenvalue weighted by molar-refractivity contribution is 7.98. The van der Waals surface area contributed by atoms with Crippen LogP contribution in [-0.2, 0) is 6.18 Å². The molecule has 2 aromatic heterocycles. The van der Waals surface area contributed by atoms with Crippen molar-refractivity contribution in [2.45, 2.75) is 11.3 Å². The Labute approximate surface area is 105 Å². The number of hydrogen-bond donors (Lipinski definition) is 0. The second kappa shape index (κ2) is 4.93. The van der Waals surface area contributed by atoms with Gasteiger partial charge >= 0.3 is 6.18 Å². The van der Waals surface area contributed by atoms with Crippen molar-refractivity contribution < 1.29 is 13.2 Å². The summed E-state index contributed by atoms with van der Waals surface area (Å²) in [6.45, 7) is 0. The third-order valence-corrected chi connectivity index (χ3v) is 2.72. The summed E-state index contributed by atoms with van der Waals surface area (Å²) in [6, 6.07) is 3.74. The molecule has 94 valence electrons. The van der Waals surface area contributed by atoms with E-state index in [0.717, 1.165) is 6.07 Å². The molecule has 0 spiro atoms. The lowest BCUT2D eigenvalue weighted by Crippen LogP contribution is -2.08. The van der Waals surface area contributed by atoms with Crippen LogP contribution in [-0.4, -0.2) is 21.2 Å². The molecule has 0 aliphatic heterocycles. The summed E-state index contributed by atoms with van der Waals surface area (Å²) in [4.78, 5) is 11.5. The van der Waals surface area contributed by atoms with E-state index in [0.29, 0.717) is 10.7 Å². The van der Waals surface area contributed by atoms with Crippen LogP contribution >= 0.6 is 11.8 Å². The molecule has 0 unspecified atom stereocenters. The van der Waals surface area contributed by atoms with Crippen molar-refractivity contribution >= 4 is 11.8 Å². The fourth-order valence-corrected chi connectivity index (χ4v) is 1.62. The first kappa shape index (κ1) is 12.8. The summed E-state index contributed by atoms with van der Waals surface area (Å²) in [5.41, 5.74) is -0.259. The highest BCUT2D eigenvalue weighted by Crippen LogP contribution is 2.29.